The molecule has 422 valence electrons. The summed E-state index contributed by atoms with van der Waals surface area (Å²) in [7, 11) is 0. The van der Waals surface area contributed by atoms with Crippen LogP contribution in [0.5, 0.6) is 0 Å². The Morgan fingerprint density at radius 2 is 0.662 bits per heavy atom. The molecule has 0 aliphatic rings. The molecule has 2 unspecified atom stereocenters. The van der Waals surface area contributed by atoms with Gasteiger partial charge in [-0.2, -0.15) is 0 Å². The van der Waals surface area contributed by atoms with Crippen molar-refractivity contribution in [1.29, 1.82) is 0 Å². The van der Waals surface area contributed by atoms with Gasteiger partial charge in [-0.25, -0.2) is 0 Å². The zero-order valence-electron chi connectivity index (χ0n) is 48.2. The van der Waals surface area contributed by atoms with Gasteiger partial charge in [-0.15, -0.1) is 0 Å². The quantitative estimate of drug-likeness (QED) is 0.0320. The summed E-state index contributed by atoms with van der Waals surface area (Å²) in [6.07, 6.45) is 73.9. The second-order valence-electron chi connectivity index (χ2n) is 22.5. The van der Waals surface area contributed by atoms with Crippen LogP contribution < -0.4 is 5.32 Å². The van der Waals surface area contributed by atoms with E-state index < -0.39 is 12.1 Å². The van der Waals surface area contributed by atoms with Crippen LogP contribution in [-0.4, -0.2) is 47.4 Å². The summed E-state index contributed by atoms with van der Waals surface area (Å²) in [6, 6.07) is -0.537. The highest BCUT2D eigenvalue weighted by molar-refractivity contribution is 5.76. The van der Waals surface area contributed by atoms with Gasteiger partial charge in [0, 0.05) is 12.8 Å². The summed E-state index contributed by atoms with van der Waals surface area (Å²) in [5.41, 5.74) is 0. The Balaban J connectivity index is 3.31. The number of amides is 1. The van der Waals surface area contributed by atoms with Crippen molar-refractivity contribution in [2.24, 2.45) is 0 Å². The van der Waals surface area contributed by atoms with Crippen LogP contribution in [-0.2, 0) is 14.3 Å². The van der Waals surface area contributed by atoms with Crippen LogP contribution in [0.25, 0.3) is 0 Å². The van der Waals surface area contributed by atoms with E-state index in [4.69, 9.17) is 4.74 Å². The van der Waals surface area contributed by atoms with Crippen molar-refractivity contribution in [3.63, 3.8) is 0 Å². The Morgan fingerprint density at radius 1 is 0.380 bits per heavy atom. The zero-order chi connectivity index (χ0) is 51.4. The number of carbonyl (C=O) groups is 2. The number of esters is 1. The molecule has 0 fully saturated rings. The molecule has 0 aliphatic carbocycles. The molecule has 3 N–H and O–H groups in total. The molecule has 0 heterocycles. The highest BCUT2D eigenvalue weighted by Gasteiger charge is 2.20. The first kappa shape index (κ1) is 69.6. The minimum Gasteiger partial charge on any atom is -0.466 e. The van der Waals surface area contributed by atoms with E-state index in [1.807, 2.05) is 0 Å². The fourth-order valence-corrected chi connectivity index (χ4v) is 10.3. The number of unbranched alkanes of at least 4 members (excludes halogenated alkanes) is 48. The van der Waals surface area contributed by atoms with Crippen LogP contribution in [0.1, 0.15) is 367 Å². The van der Waals surface area contributed by atoms with E-state index in [0.717, 1.165) is 38.5 Å². The van der Waals surface area contributed by atoms with E-state index in [1.165, 1.54) is 295 Å². The number of nitrogens with one attached hydrogen (secondary N) is 1. The number of aliphatic hydroxyl groups is 2. The predicted molar refractivity (Wildman–Crippen MR) is 310 cm³/mol. The van der Waals surface area contributed by atoms with Crippen LogP contribution >= 0.6 is 0 Å². The first-order valence-corrected chi connectivity index (χ1v) is 32.4. The molecule has 0 aliphatic heterocycles. The summed E-state index contributed by atoms with van der Waals surface area (Å²) < 4.78 is 5.51. The maximum atomic E-state index is 12.4. The van der Waals surface area contributed by atoms with Gasteiger partial charge in [-0.3, -0.25) is 9.59 Å². The molecule has 1 amide bonds. The summed E-state index contributed by atoms with van der Waals surface area (Å²) >= 11 is 0. The Morgan fingerprint density at radius 3 is 1.00 bits per heavy atom. The summed E-state index contributed by atoms with van der Waals surface area (Å²) in [5, 5.41) is 23.2. The molecule has 2 atom stereocenters. The number of ether oxygens (including phenoxy) is 1. The van der Waals surface area contributed by atoms with Crippen LogP contribution in [0.15, 0.2) is 12.2 Å². The van der Waals surface area contributed by atoms with Crippen molar-refractivity contribution >= 4 is 11.9 Å². The first-order chi connectivity index (χ1) is 35.0. The minimum atomic E-state index is -0.660. The molecule has 0 bridgehead atoms. The van der Waals surface area contributed by atoms with E-state index >= 15 is 0 Å². The van der Waals surface area contributed by atoms with E-state index in [9.17, 15) is 19.8 Å². The summed E-state index contributed by atoms with van der Waals surface area (Å²) in [6.45, 7) is 4.96. The van der Waals surface area contributed by atoms with Gasteiger partial charge in [0.1, 0.15) is 0 Å². The lowest BCUT2D eigenvalue weighted by atomic mass is 10.0. The third-order valence-corrected chi connectivity index (χ3v) is 15.3. The lowest BCUT2D eigenvalue weighted by Crippen LogP contribution is -2.45. The lowest BCUT2D eigenvalue weighted by molar-refractivity contribution is -0.143. The number of rotatable bonds is 61. The van der Waals surface area contributed by atoms with Crippen LogP contribution in [0, 0.1) is 0 Å². The van der Waals surface area contributed by atoms with Crippen LogP contribution in [0.2, 0.25) is 0 Å². The van der Waals surface area contributed by atoms with Gasteiger partial charge < -0.3 is 20.3 Å². The molecular weight excluding hydrogens is 875 g/mol. The second-order valence-corrected chi connectivity index (χ2v) is 22.5. The number of allylic oxidation sites excluding steroid dienone is 2. The van der Waals surface area contributed by atoms with Gasteiger partial charge >= 0.3 is 5.97 Å². The molecule has 0 aromatic heterocycles. The zero-order valence-corrected chi connectivity index (χ0v) is 48.2. The SMILES string of the molecule is CCCCCCCC/C=C\CCCCCCCCCCCC(=O)OCCCCCCCCCCCCCCCCCCCCCCCCCCCC(=O)NC(CO)C(O)CCCCCCCCCCCC. The van der Waals surface area contributed by atoms with Crippen molar-refractivity contribution in [2.45, 2.75) is 379 Å². The van der Waals surface area contributed by atoms with Crippen molar-refractivity contribution in [1.82, 2.24) is 5.32 Å². The number of hydrogen-bond donors (Lipinski definition) is 3. The average molecular weight is 1000 g/mol. The van der Waals surface area contributed by atoms with E-state index in [1.54, 1.807) is 0 Å². The third-order valence-electron chi connectivity index (χ3n) is 15.3. The molecule has 0 saturated carbocycles. The fraction of sp³-hybridized carbons (Fsp3) is 0.938. The summed E-state index contributed by atoms with van der Waals surface area (Å²) in [4.78, 5) is 24.5. The second kappa shape index (κ2) is 61.1. The molecule has 0 spiro atoms. The first-order valence-electron chi connectivity index (χ1n) is 32.4. The van der Waals surface area contributed by atoms with E-state index in [2.05, 4.69) is 31.3 Å². The Hall–Kier alpha value is -1.40. The molecule has 71 heavy (non-hydrogen) atoms. The Labute approximate surface area is 444 Å². The smallest absolute Gasteiger partial charge is 0.305 e. The van der Waals surface area contributed by atoms with Crippen molar-refractivity contribution < 1.29 is 24.5 Å². The number of aliphatic hydroxyl groups excluding tert-OH is 2. The molecule has 0 rings (SSSR count). The maximum absolute atomic E-state index is 12.4. The van der Waals surface area contributed by atoms with Gasteiger partial charge in [0.2, 0.25) is 5.91 Å². The predicted octanol–water partition coefficient (Wildman–Crippen LogP) is 20.4. The molecule has 0 aromatic carbocycles. The Bertz CT molecular complexity index is 1060. The van der Waals surface area contributed by atoms with Gasteiger partial charge in [0.15, 0.2) is 0 Å². The number of hydrogen-bond acceptors (Lipinski definition) is 5. The fourth-order valence-electron chi connectivity index (χ4n) is 10.3. The standard InChI is InChI=1S/C65H127NO5/c1-3-5-7-9-11-13-15-16-17-18-26-30-33-36-39-43-47-51-55-59-65(70)71-60-56-52-48-44-40-37-34-31-28-25-23-21-19-20-22-24-27-29-32-35-38-42-46-50-54-58-64(69)66-62(61-67)63(68)57-53-49-45-41-14-12-10-8-6-4-2/h16-17,62-63,67-68H,3-15,18-61H2,1-2H3,(H,66,69)/b17-16-. The van der Waals surface area contributed by atoms with Gasteiger partial charge in [-0.1, -0.05) is 315 Å². The Kier molecular flexibility index (Phi) is 59.9. The largest absolute Gasteiger partial charge is 0.466 e. The highest BCUT2D eigenvalue weighted by Crippen LogP contribution is 2.18. The molecule has 0 aromatic rings. The lowest BCUT2D eigenvalue weighted by Gasteiger charge is -2.22. The monoisotopic (exact) mass is 1000 g/mol. The molecule has 0 saturated heterocycles. The topological polar surface area (TPSA) is 95.9 Å². The van der Waals surface area contributed by atoms with Crippen LogP contribution in [0.3, 0.4) is 0 Å². The maximum Gasteiger partial charge on any atom is 0.305 e. The normalized spacial score (nSPS) is 12.6. The van der Waals surface area contributed by atoms with Crippen LogP contribution in [0.4, 0.5) is 0 Å². The molecule has 0 radical (unpaired) electrons. The van der Waals surface area contributed by atoms with Gasteiger partial charge in [-0.05, 0) is 51.4 Å². The number of carbonyl (C=O) groups excluding carboxylic acids is 2. The van der Waals surface area contributed by atoms with Gasteiger partial charge in [0.25, 0.3) is 0 Å². The average Bonchev–Trinajstić information content (AvgIpc) is 3.37. The molecule has 6 nitrogen and oxygen atoms in total. The van der Waals surface area contributed by atoms with Crippen molar-refractivity contribution in [2.75, 3.05) is 13.2 Å². The molecular formula is C65H127NO5. The van der Waals surface area contributed by atoms with Crippen molar-refractivity contribution in [3.8, 4) is 0 Å². The third kappa shape index (κ3) is 57.7. The van der Waals surface area contributed by atoms with Gasteiger partial charge in [0.05, 0.1) is 25.4 Å². The highest BCUT2D eigenvalue weighted by atomic mass is 16.5. The minimum absolute atomic E-state index is 0.0166. The molecule has 6 heteroatoms. The van der Waals surface area contributed by atoms with E-state index in [-0.39, 0.29) is 18.5 Å². The van der Waals surface area contributed by atoms with E-state index in [0.29, 0.717) is 25.9 Å². The summed E-state index contributed by atoms with van der Waals surface area (Å²) in [5.74, 6) is -0.0165. The van der Waals surface area contributed by atoms with Crippen molar-refractivity contribution in [3.05, 3.63) is 12.2 Å².